The SMILES string of the molecule is COc1cc2c(cc1OC)C1Cc3c([nH]c4cc(OC)c(-c5ccccc5S(=O)(=O)O)cc34)CN1CC2. The fourth-order valence-corrected chi connectivity index (χ4v) is 6.61. The van der Waals surface area contributed by atoms with Crippen LogP contribution < -0.4 is 14.2 Å². The number of benzene rings is 3. The molecule has 0 radical (unpaired) electrons. The molecule has 37 heavy (non-hydrogen) atoms. The number of ether oxygens (including phenoxy) is 3. The lowest BCUT2D eigenvalue weighted by Gasteiger charge is -2.40. The second-order valence-electron chi connectivity index (χ2n) is 9.50. The molecule has 192 valence electrons. The zero-order valence-electron chi connectivity index (χ0n) is 20.9. The van der Waals surface area contributed by atoms with Gasteiger partial charge in [0.15, 0.2) is 11.5 Å². The summed E-state index contributed by atoms with van der Waals surface area (Å²) < 4.78 is 50.9. The standard InChI is InChI=1S/C28H28N2O6S/c1-34-25-14-22-19(11-21(25)17-6-4-5-7-28(17)37(31,32)33)20-12-24-18-13-27(36-3)26(35-2)10-16(18)8-9-30(24)15-23(20)29-22/h4-7,10-11,13-14,24,29H,8-9,12,15H2,1-3H3,(H,31,32,33). The van der Waals surface area contributed by atoms with Crippen LogP contribution in [0.4, 0.5) is 0 Å². The van der Waals surface area contributed by atoms with Gasteiger partial charge in [0, 0.05) is 52.9 Å². The van der Waals surface area contributed by atoms with Crippen LogP contribution in [0, 0.1) is 0 Å². The first-order valence-electron chi connectivity index (χ1n) is 12.1. The third kappa shape index (κ3) is 3.85. The Bertz CT molecular complexity index is 1640. The van der Waals surface area contributed by atoms with Crippen molar-refractivity contribution >= 4 is 21.0 Å². The zero-order valence-corrected chi connectivity index (χ0v) is 21.7. The minimum Gasteiger partial charge on any atom is -0.496 e. The van der Waals surface area contributed by atoms with Crippen LogP contribution in [0.15, 0.2) is 53.4 Å². The third-order valence-corrected chi connectivity index (χ3v) is 8.55. The molecule has 1 unspecified atom stereocenters. The minimum atomic E-state index is -4.42. The molecule has 0 fully saturated rings. The van der Waals surface area contributed by atoms with Crippen LogP contribution in [-0.2, 0) is 29.5 Å². The van der Waals surface area contributed by atoms with Gasteiger partial charge in [-0.25, -0.2) is 0 Å². The van der Waals surface area contributed by atoms with E-state index in [9.17, 15) is 13.0 Å². The van der Waals surface area contributed by atoms with Gasteiger partial charge in [-0.2, -0.15) is 8.42 Å². The van der Waals surface area contributed by atoms with Crippen LogP contribution in [0.5, 0.6) is 17.2 Å². The van der Waals surface area contributed by atoms with E-state index in [1.54, 1.807) is 39.5 Å². The van der Waals surface area contributed by atoms with E-state index in [0.29, 0.717) is 16.9 Å². The van der Waals surface area contributed by atoms with E-state index >= 15 is 0 Å². The molecule has 0 aliphatic carbocycles. The first-order valence-corrected chi connectivity index (χ1v) is 13.5. The summed E-state index contributed by atoms with van der Waals surface area (Å²) >= 11 is 0. The maximum Gasteiger partial charge on any atom is 0.295 e. The average molecular weight is 521 g/mol. The summed E-state index contributed by atoms with van der Waals surface area (Å²) in [5.41, 5.74) is 6.81. The molecule has 0 saturated carbocycles. The summed E-state index contributed by atoms with van der Waals surface area (Å²) in [5, 5.41) is 1.02. The summed E-state index contributed by atoms with van der Waals surface area (Å²) in [6.45, 7) is 1.72. The topological polar surface area (TPSA) is 101 Å². The van der Waals surface area contributed by atoms with E-state index < -0.39 is 10.1 Å². The molecule has 0 bridgehead atoms. The van der Waals surface area contributed by atoms with Gasteiger partial charge in [-0.15, -0.1) is 0 Å². The smallest absolute Gasteiger partial charge is 0.295 e. The first-order chi connectivity index (χ1) is 17.8. The molecule has 2 N–H and O–H groups in total. The minimum absolute atomic E-state index is 0.148. The highest BCUT2D eigenvalue weighted by Crippen LogP contribution is 2.45. The number of nitrogens with one attached hydrogen (secondary N) is 1. The van der Waals surface area contributed by atoms with Crippen molar-refractivity contribution in [3.05, 3.63) is 70.9 Å². The quantitative estimate of drug-likeness (QED) is 0.366. The molecule has 2 aliphatic rings. The van der Waals surface area contributed by atoms with Crippen molar-refractivity contribution in [2.24, 2.45) is 0 Å². The van der Waals surface area contributed by atoms with E-state index in [0.717, 1.165) is 54.0 Å². The lowest BCUT2D eigenvalue weighted by atomic mass is 9.84. The van der Waals surface area contributed by atoms with Gasteiger partial charge in [0.2, 0.25) is 0 Å². The maximum absolute atomic E-state index is 12.1. The van der Waals surface area contributed by atoms with Crippen LogP contribution in [0.1, 0.15) is 28.4 Å². The fraction of sp³-hybridized carbons (Fsp3) is 0.286. The highest BCUT2D eigenvalue weighted by molar-refractivity contribution is 7.86. The second-order valence-corrected chi connectivity index (χ2v) is 10.9. The average Bonchev–Trinajstić information content (AvgIpc) is 3.25. The van der Waals surface area contributed by atoms with E-state index in [2.05, 4.69) is 22.0 Å². The first kappa shape index (κ1) is 23.8. The number of nitrogens with zero attached hydrogens (tertiary/aromatic N) is 1. The van der Waals surface area contributed by atoms with Crippen LogP contribution in [0.2, 0.25) is 0 Å². The summed E-state index contributed by atoms with van der Waals surface area (Å²) in [6.07, 6.45) is 1.73. The molecular formula is C28H28N2O6S. The van der Waals surface area contributed by atoms with Crippen LogP contribution >= 0.6 is 0 Å². The van der Waals surface area contributed by atoms with Crippen molar-refractivity contribution in [1.82, 2.24) is 9.88 Å². The number of aromatic nitrogens is 1. The molecule has 2 aliphatic heterocycles. The summed E-state index contributed by atoms with van der Waals surface area (Å²) in [6, 6.07) is 14.7. The van der Waals surface area contributed by atoms with E-state index in [1.807, 2.05) is 12.1 Å². The highest BCUT2D eigenvalue weighted by atomic mass is 32.2. The number of hydrogen-bond donors (Lipinski definition) is 2. The fourth-order valence-electron chi connectivity index (χ4n) is 5.90. The largest absolute Gasteiger partial charge is 0.496 e. The Hall–Kier alpha value is -3.53. The van der Waals surface area contributed by atoms with Crippen LogP contribution in [0.3, 0.4) is 0 Å². The number of H-pyrrole nitrogens is 1. The molecule has 1 atom stereocenters. The Morgan fingerprint density at radius 2 is 1.68 bits per heavy atom. The normalized spacial score (nSPS) is 17.1. The van der Waals surface area contributed by atoms with Gasteiger partial charge in [-0.05, 0) is 53.8 Å². The maximum atomic E-state index is 12.1. The Morgan fingerprint density at radius 3 is 2.41 bits per heavy atom. The van der Waals surface area contributed by atoms with Crippen LogP contribution in [0.25, 0.3) is 22.0 Å². The highest BCUT2D eigenvalue weighted by Gasteiger charge is 2.35. The number of rotatable bonds is 5. The van der Waals surface area contributed by atoms with Crippen molar-refractivity contribution in [3.63, 3.8) is 0 Å². The van der Waals surface area contributed by atoms with Crippen molar-refractivity contribution in [1.29, 1.82) is 0 Å². The Kier molecular flexibility index (Phi) is 5.67. The van der Waals surface area contributed by atoms with Crippen molar-refractivity contribution in [2.75, 3.05) is 27.9 Å². The second kappa shape index (κ2) is 8.79. The van der Waals surface area contributed by atoms with E-state index in [-0.39, 0.29) is 10.9 Å². The number of fused-ring (bicyclic) bond motifs is 6. The lowest BCUT2D eigenvalue weighted by molar-refractivity contribution is 0.159. The zero-order chi connectivity index (χ0) is 25.9. The van der Waals surface area contributed by atoms with Gasteiger partial charge in [-0.1, -0.05) is 18.2 Å². The molecule has 3 heterocycles. The van der Waals surface area contributed by atoms with Crippen molar-refractivity contribution < 1.29 is 27.2 Å². The van der Waals surface area contributed by atoms with Crippen molar-refractivity contribution in [2.45, 2.75) is 30.3 Å². The van der Waals surface area contributed by atoms with Gasteiger partial charge in [0.25, 0.3) is 10.1 Å². The Balaban J connectivity index is 1.50. The van der Waals surface area contributed by atoms with Gasteiger partial charge < -0.3 is 19.2 Å². The summed E-state index contributed by atoms with van der Waals surface area (Å²) in [7, 11) is 0.453. The van der Waals surface area contributed by atoms with Crippen LogP contribution in [-0.4, -0.2) is 50.7 Å². The molecule has 0 amide bonds. The Morgan fingerprint density at radius 1 is 0.946 bits per heavy atom. The van der Waals surface area contributed by atoms with Gasteiger partial charge in [-0.3, -0.25) is 9.45 Å². The predicted molar refractivity (Wildman–Crippen MR) is 140 cm³/mol. The number of aromatic amines is 1. The molecule has 0 saturated heterocycles. The molecule has 0 spiro atoms. The molecule has 9 heteroatoms. The van der Waals surface area contributed by atoms with Gasteiger partial charge in [0.05, 0.1) is 21.3 Å². The van der Waals surface area contributed by atoms with Gasteiger partial charge >= 0.3 is 0 Å². The third-order valence-electron chi connectivity index (χ3n) is 7.64. The lowest BCUT2D eigenvalue weighted by Crippen LogP contribution is -2.39. The molecule has 3 aromatic carbocycles. The molecule has 1 aromatic heterocycles. The molecule has 8 nitrogen and oxygen atoms in total. The number of hydrogen-bond acceptors (Lipinski definition) is 6. The Labute approximate surface area is 215 Å². The predicted octanol–water partition coefficient (Wildman–Crippen LogP) is 4.76. The van der Waals surface area contributed by atoms with E-state index in [1.165, 1.54) is 22.8 Å². The summed E-state index contributed by atoms with van der Waals surface area (Å²) in [4.78, 5) is 5.91. The van der Waals surface area contributed by atoms with Crippen molar-refractivity contribution in [3.8, 4) is 28.4 Å². The van der Waals surface area contributed by atoms with Gasteiger partial charge in [0.1, 0.15) is 10.6 Å². The van der Waals surface area contributed by atoms with E-state index in [4.69, 9.17) is 14.2 Å². The molecule has 4 aromatic rings. The monoisotopic (exact) mass is 520 g/mol. The summed E-state index contributed by atoms with van der Waals surface area (Å²) in [5.74, 6) is 2.00. The number of methoxy groups -OCH3 is 3. The molecule has 6 rings (SSSR count). The molecular weight excluding hydrogens is 492 g/mol.